The van der Waals surface area contributed by atoms with E-state index in [0.717, 1.165) is 29.7 Å². The maximum Gasteiger partial charge on any atom is 0.253 e. The van der Waals surface area contributed by atoms with Crippen LogP contribution in [0.2, 0.25) is 0 Å². The first kappa shape index (κ1) is 11.0. The van der Waals surface area contributed by atoms with Crippen LogP contribution in [0, 0.1) is 6.92 Å². The Hall–Kier alpha value is -1.51. The largest absolute Gasteiger partial charge is 0.388 e. The van der Waals surface area contributed by atoms with Crippen LogP contribution >= 0.6 is 0 Å². The van der Waals surface area contributed by atoms with E-state index < -0.39 is 0 Å². The molecular formula is C13H18N2O. The lowest BCUT2D eigenvalue weighted by Gasteiger charge is -2.17. The summed E-state index contributed by atoms with van der Waals surface area (Å²) in [5.74, 6) is 0.133. The fourth-order valence-electron chi connectivity index (χ4n) is 1.91. The van der Waals surface area contributed by atoms with Crippen molar-refractivity contribution in [1.82, 2.24) is 4.90 Å². The lowest BCUT2D eigenvalue weighted by Crippen LogP contribution is -2.28. The molecule has 3 nitrogen and oxygen atoms in total. The highest BCUT2D eigenvalue weighted by Crippen LogP contribution is 2.27. The molecule has 1 aromatic rings. The van der Waals surface area contributed by atoms with Crippen LogP contribution in [-0.2, 0) is 0 Å². The number of benzene rings is 1. The fraction of sp³-hybridized carbons (Fsp3) is 0.462. The third-order valence-corrected chi connectivity index (χ3v) is 3.16. The van der Waals surface area contributed by atoms with Crippen molar-refractivity contribution in [2.75, 3.05) is 19.4 Å². The molecule has 0 atom stereocenters. The van der Waals surface area contributed by atoms with Crippen molar-refractivity contribution < 1.29 is 4.79 Å². The molecule has 0 heterocycles. The Kier molecular flexibility index (Phi) is 2.86. The summed E-state index contributed by atoms with van der Waals surface area (Å²) < 4.78 is 0. The first-order valence-corrected chi connectivity index (χ1v) is 5.69. The third kappa shape index (κ3) is 2.03. The van der Waals surface area contributed by atoms with Crippen LogP contribution in [-0.4, -0.2) is 30.9 Å². The lowest BCUT2D eigenvalue weighted by atomic mass is 10.1. The van der Waals surface area contributed by atoms with Crippen LogP contribution in [0.1, 0.15) is 28.8 Å². The van der Waals surface area contributed by atoms with Crippen molar-refractivity contribution in [2.45, 2.75) is 25.8 Å². The quantitative estimate of drug-likeness (QED) is 0.844. The average molecular weight is 218 g/mol. The molecule has 0 radical (unpaired) electrons. The van der Waals surface area contributed by atoms with Gasteiger partial charge >= 0.3 is 0 Å². The van der Waals surface area contributed by atoms with Crippen molar-refractivity contribution >= 4 is 11.6 Å². The number of hydrogen-bond acceptors (Lipinski definition) is 2. The number of carbonyl (C=O) groups is 1. The summed E-state index contributed by atoms with van der Waals surface area (Å²) in [5.41, 5.74) is 2.97. The number of anilines is 1. The molecule has 86 valence electrons. The number of carbonyl (C=O) groups excluding carboxylic acids is 1. The highest BCUT2D eigenvalue weighted by molar-refractivity contribution is 5.95. The Morgan fingerprint density at radius 1 is 1.44 bits per heavy atom. The summed E-state index contributed by atoms with van der Waals surface area (Å²) in [7, 11) is 3.78. The average Bonchev–Trinajstić information content (AvgIpc) is 3.11. The molecule has 0 saturated heterocycles. The molecule has 1 amide bonds. The second kappa shape index (κ2) is 4.16. The SMILES string of the molecule is CNc1ccc(C(=O)N(C)C2CC2)cc1C. The van der Waals surface area contributed by atoms with E-state index in [9.17, 15) is 4.79 Å². The minimum absolute atomic E-state index is 0.133. The van der Waals surface area contributed by atoms with Gasteiger partial charge in [0, 0.05) is 31.4 Å². The third-order valence-electron chi connectivity index (χ3n) is 3.16. The van der Waals surface area contributed by atoms with Crippen LogP contribution in [0.15, 0.2) is 18.2 Å². The Bertz CT molecular complexity index is 410. The molecule has 0 unspecified atom stereocenters. The summed E-state index contributed by atoms with van der Waals surface area (Å²) in [5, 5.41) is 3.10. The van der Waals surface area contributed by atoms with Crippen LogP contribution in [0.25, 0.3) is 0 Å². The molecule has 0 aromatic heterocycles. The molecule has 1 aliphatic rings. The van der Waals surface area contributed by atoms with Crippen LogP contribution in [0.3, 0.4) is 0 Å². The molecule has 1 saturated carbocycles. The summed E-state index contributed by atoms with van der Waals surface area (Å²) in [6.07, 6.45) is 2.30. The predicted octanol–water partition coefficient (Wildman–Crippen LogP) is 2.27. The van der Waals surface area contributed by atoms with Gasteiger partial charge in [0.05, 0.1) is 0 Å². The van der Waals surface area contributed by atoms with E-state index in [1.165, 1.54) is 0 Å². The van der Waals surface area contributed by atoms with Crippen molar-refractivity contribution in [2.24, 2.45) is 0 Å². The summed E-state index contributed by atoms with van der Waals surface area (Å²) >= 11 is 0. The fourth-order valence-corrected chi connectivity index (χ4v) is 1.91. The van der Waals surface area contributed by atoms with Gasteiger partial charge in [-0.2, -0.15) is 0 Å². The van der Waals surface area contributed by atoms with Crippen molar-refractivity contribution in [1.29, 1.82) is 0 Å². The normalized spacial score (nSPS) is 14.7. The second-order valence-electron chi connectivity index (χ2n) is 4.43. The summed E-state index contributed by atoms with van der Waals surface area (Å²) in [6, 6.07) is 6.27. The van der Waals surface area contributed by atoms with Gasteiger partial charge in [0.2, 0.25) is 0 Å². The van der Waals surface area contributed by atoms with Gasteiger partial charge in [0.1, 0.15) is 0 Å². The van der Waals surface area contributed by atoms with E-state index in [1.54, 1.807) is 0 Å². The number of rotatable bonds is 3. The molecule has 0 bridgehead atoms. The van der Waals surface area contributed by atoms with Crippen molar-refractivity contribution in [3.63, 3.8) is 0 Å². The van der Waals surface area contributed by atoms with E-state index in [2.05, 4.69) is 5.32 Å². The molecule has 16 heavy (non-hydrogen) atoms. The lowest BCUT2D eigenvalue weighted by molar-refractivity contribution is 0.0785. The minimum Gasteiger partial charge on any atom is -0.388 e. The van der Waals surface area contributed by atoms with E-state index in [1.807, 2.05) is 44.1 Å². The molecule has 1 N–H and O–H groups in total. The van der Waals surface area contributed by atoms with Gasteiger partial charge in [-0.15, -0.1) is 0 Å². The molecule has 3 heteroatoms. The highest BCUT2D eigenvalue weighted by Gasteiger charge is 2.30. The van der Waals surface area contributed by atoms with E-state index >= 15 is 0 Å². The first-order valence-electron chi connectivity index (χ1n) is 5.69. The van der Waals surface area contributed by atoms with Crippen LogP contribution in [0.5, 0.6) is 0 Å². The van der Waals surface area contributed by atoms with E-state index in [0.29, 0.717) is 6.04 Å². The van der Waals surface area contributed by atoms with Crippen molar-refractivity contribution in [3.8, 4) is 0 Å². The van der Waals surface area contributed by atoms with Crippen LogP contribution in [0.4, 0.5) is 5.69 Å². The zero-order chi connectivity index (χ0) is 11.7. The van der Waals surface area contributed by atoms with Gasteiger partial charge in [0.15, 0.2) is 0 Å². The Labute approximate surface area is 96.5 Å². The van der Waals surface area contributed by atoms with Crippen LogP contribution < -0.4 is 5.32 Å². The standard InChI is InChI=1S/C13H18N2O/c1-9-8-10(4-7-12(9)14-2)13(16)15(3)11-5-6-11/h4,7-8,11,14H,5-6H2,1-3H3. The highest BCUT2D eigenvalue weighted by atomic mass is 16.2. The Morgan fingerprint density at radius 3 is 2.62 bits per heavy atom. The van der Waals surface area contributed by atoms with Crippen molar-refractivity contribution in [3.05, 3.63) is 29.3 Å². The predicted molar refractivity (Wildman–Crippen MR) is 65.8 cm³/mol. The molecule has 1 aliphatic carbocycles. The number of nitrogens with one attached hydrogen (secondary N) is 1. The molecule has 0 spiro atoms. The topological polar surface area (TPSA) is 32.3 Å². The molecule has 1 aromatic carbocycles. The number of nitrogens with zero attached hydrogens (tertiary/aromatic N) is 1. The zero-order valence-corrected chi connectivity index (χ0v) is 10.1. The second-order valence-corrected chi connectivity index (χ2v) is 4.43. The molecule has 0 aliphatic heterocycles. The van der Waals surface area contributed by atoms with Gasteiger partial charge in [0.25, 0.3) is 5.91 Å². The minimum atomic E-state index is 0.133. The number of amides is 1. The first-order chi connectivity index (χ1) is 7.63. The summed E-state index contributed by atoms with van der Waals surface area (Å²) in [6.45, 7) is 2.01. The zero-order valence-electron chi connectivity index (χ0n) is 10.1. The van der Waals surface area contributed by atoms with Gasteiger partial charge in [-0.3, -0.25) is 4.79 Å². The summed E-state index contributed by atoms with van der Waals surface area (Å²) in [4.78, 5) is 13.9. The van der Waals surface area contributed by atoms with Gasteiger partial charge < -0.3 is 10.2 Å². The Morgan fingerprint density at radius 2 is 2.12 bits per heavy atom. The van der Waals surface area contributed by atoms with Gasteiger partial charge in [-0.1, -0.05) is 0 Å². The number of aryl methyl sites for hydroxylation is 1. The van der Waals surface area contributed by atoms with Gasteiger partial charge in [-0.25, -0.2) is 0 Å². The smallest absolute Gasteiger partial charge is 0.253 e. The maximum absolute atomic E-state index is 12.1. The monoisotopic (exact) mass is 218 g/mol. The van der Waals surface area contributed by atoms with E-state index in [4.69, 9.17) is 0 Å². The Balaban J connectivity index is 2.20. The molecule has 1 fully saturated rings. The maximum atomic E-state index is 12.1. The molecule has 2 rings (SSSR count). The number of hydrogen-bond donors (Lipinski definition) is 1. The molecular weight excluding hydrogens is 200 g/mol. The van der Waals surface area contributed by atoms with E-state index in [-0.39, 0.29) is 5.91 Å². The van der Waals surface area contributed by atoms with Gasteiger partial charge in [-0.05, 0) is 43.5 Å².